The summed E-state index contributed by atoms with van der Waals surface area (Å²) in [6.45, 7) is 11.2. The number of likely N-dealkylation sites (tertiary alicyclic amines) is 1. The van der Waals surface area contributed by atoms with E-state index in [1.807, 2.05) is 43.9 Å². The number of anilines is 1. The first-order valence-electron chi connectivity index (χ1n) is 11.3. The lowest BCUT2D eigenvalue weighted by Crippen LogP contribution is -2.52. The number of ether oxygens (including phenoxy) is 1. The summed E-state index contributed by atoms with van der Waals surface area (Å²) >= 11 is 0. The molecule has 3 rings (SSSR count). The van der Waals surface area contributed by atoms with Crippen LogP contribution in [0.25, 0.3) is 0 Å². The van der Waals surface area contributed by atoms with Gasteiger partial charge in [0.15, 0.2) is 6.10 Å². The fourth-order valence-corrected chi connectivity index (χ4v) is 4.19. The minimum Gasteiger partial charge on any atom is -0.452 e. The molecule has 2 aliphatic rings. The van der Waals surface area contributed by atoms with Gasteiger partial charge in [-0.05, 0) is 31.9 Å². The third kappa shape index (κ3) is 5.77. The second kappa shape index (κ2) is 9.71. The number of esters is 1. The maximum absolute atomic E-state index is 12.8. The molecule has 7 heteroatoms. The summed E-state index contributed by atoms with van der Waals surface area (Å²) in [6, 6.07) is 10.2. The summed E-state index contributed by atoms with van der Waals surface area (Å²) in [5.41, 5.74) is 0.740. The van der Waals surface area contributed by atoms with Crippen LogP contribution in [0.2, 0.25) is 0 Å². The monoisotopic (exact) mass is 429 g/mol. The molecule has 0 saturated carbocycles. The molecular formula is C24H35N3O4. The minimum absolute atomic E-state index is 0.109. The molecule has 0 aromatic heterocycles. The third-order valence-electron chi connectivity index (χ3n) is 6.11. The van der Waals surface area contributed by atoms with Gasteiger partial charge in [-0.2, -0.15) is 0 Å². The first-order chi connectivity index (χ1) is 14.7. The molecular weight excluding hydrogens is 394 g/mol. The van der Waals surface area contributed by atoms with Crippen molar-refractivity contribution in [3.05, 3.63) is 30.3 Å². The van der Waals surface area contributed by atoms with E-state index in [9.17, 15) is 14.4 Å². The Balaban J connectivity index is 1.44. The second-order valence-corrected chi connectivity index (χ2v) is 9.54. The van der Waals surface area contributed by atoms with Gasteiger partial charge in [0.25, 0.3) is 5.91 Å². The zero-order valence-electron chi connectivity index (χ0n) is 19.2. The van der Waals surface area contributed by atoms with Crippen LogP contribution in [0.4, 0.5) is 5.69 Å². The average molecular weight is 430 g/mol. The summed E-state index contributed by atoms with van der Waals surface area (Å²) in [6.07, 6.45) is 0.374. The highest BCUT2D eigenvalue weighted by molar-refractivity contribution is 5.85. The van der Waals surface area contributed by atoms with Crippen molar-refractivity contribution in [3.8, 4) is 0 Å². The Morgan fingerprint density at radius 3 is 2.03 bits per heavy atom. The van der Waals surface area contributed by atoms with Crippen molar-refractivity contribution in [2.45, 2.75) is 46.6 Å². The molecule has 0 unspecified atom stereocenters. The number of carbonyl (C=O) groups excluding carboxylic acids is 3. The molecule has 7 nitrogen and oxygen atoms in total. The molecule has 170 valence electrons. The normalized spacial score (nSPS) is 19.2. The van der Waals surface area contributed by atoms with Crippen LogP contribution in [0.3, 0.4) is 0 Å². The first-order valence-corrected chi connectivity index (χ1v) is 11.3. The van der Waals surface area contributed by atoms with Gasteiger partial charge < -0.3 is 19.4 Å². The molecule has 2 amide bonds. The third-order valence-corrected chi connectivity index (χ3v) is 6.11. The summed E-state index contributed by atoms with van der Waals surface area (Å²) in [4.78, 5) is 43.7. The van der Waals surface area contributed by atoms with Crippen LogP contribution in [-0.2, 0) is 19.1 Å². The fourth-order valence-electron chi connectivity index (χ4n) is 4.19. The van der Waals surface area contributed by atoms with Gasteiger partial charge in [-0.25, -0.2) is 0 Å². The summed E-state index contributed by atoms with van der Waals surface area (Å²) in [5, 5.41) is 0. The summed E-state index contributed by atoms with van der Waals surface area (Å²) in [7, 11) is 0. The molecule has 0 aliphatic carbocycles. The molecule has 0 spiro atoms. The predicted octanol–water partition coefficient (Wildman–Crippen LogP) is 2.55. The Kier molecular flexibility index (Phi) is 7.23. The SMILES string of the molecule is C[C@H](OC(=O)C1CCN(C(=O)C(C)(C)C)CC1)C(=O)N1CCN(c2ccccc2)CC1. The number of amides is 2. The molecule has 2 saturated heterocycles. The van der Waals surface area contributed by atoms with E-state index in [-0.39, 0.29) is 23.7 Å². The minimum atomic E-state index is -0.787. The van der Waals surface area contributed by atoms with Gasteiger partial charge in [-0.15, -0.1) is 0 Å². The van der Waals surface area contributed by atoms with Crippen LogP contribution in [0.1, 0.15) is 40.5 Å². The molecule has 31 heavy (non-hydrogen) atoms. The van der Waals surface area contributed by atoms with E-state index in [0.717, 1.165) is 18.8 Å². The quantitative estimate of drug-likeness (QED) is 0.688. The van der Waals surface area contributed by atoms with Crippen LogP contribution >= 0.6 is 0 Å². The van der Waals surface area contributed by atoms with Gasteiger partial charge in [0, 0.05) is 50.4 Å². The van der Waals surface area contributed by atoms with Crippen LogP contribution in [-0.4, -0.2) is 73.0 Å². The molecule has 1 aromatic carbocycles. The largest absolute Gasteiger partial charge is 0.452 e. The van der Waals surface area contributed by atoms with E-state index in [4.69, 9.17) is 4.74 Å². The molecule has 1 atom stereocenters. The number of benzene rings is 1. The zero-order chi connectivity index (χ0) is 22.6. The molecule has 2 aliphatic heterocycles. The molecule has 1 aromatic rings. The van der Waals surface area contributed by atoms with Crippen molar-refractivity contribution in [3.63, 3.8) is 0 Å². The van der Waals surface area contributed by atoms with E-state index >= 15 is 0 Å². The molecule has 0 radical (unpaired) electrons. The van der Waals surface area contributed by atoms with E-state index in [1.54, 1.807) is 11.8 Å². The number of hydrogen-bond donors (Lipinski definition) is 0. The first kappa shape index (κ1) is 23.1. The Bertz CT molecular complexity index is 774. The maximum Gasteiger partial charge on any atom is 0.309 e. The highest BCUT2D eigenvalue weighted by Gasteiger charge is 2.34. The lowest BCUT2D eigenvalue weighted by atomic mass is 9.91. The maximum atomic E-state index is 12.8. The molecule has 0 N–H and O–H groups in total. The van der Waals surface area contributed by atoms with Gasteiger partial charge in [-0.3, -0.25) is 14.4 Å². The smallest absolute Gasteiger partial charge is 0.309 e. The van der Waals surface area contributed by atoms with E-state index in [0.29, 0.717) is 39.0 Å². The van der Waals surface area contributed by atoms with Crippen molar-refractivity contribution in [2.75, 3.05) is 44.2 Å². The van der Waals surface area contributed by atoms with Gasteiger partial charge in [-0.1, -0.05) is 39.0 Å². The average Bonchev–Trinajstić information content (AvgIpc) is 2.78. The molecule has 2 heterocycles. The van der Waals surface area contributed by atoms with Gasteiger partial charge in [0.1, 0.15) is 0 Å². The summed E-state index contributed by atoms with van der Waals surface area (Å²) in [5.74, 6) is -0.611. The lowest BCUT2D eigenvalue weighted by Gasteiger charge is -2.37. The zero-order valence-corrected chi connectivity index (χ0v) is 19.2. The number of piperazine rings is 1. The fraction of sp³-hybridized carbons (Fsp3) is 0.625. The van der Waals surface area contributed by atoms with Crippen molar-refractivity contribution in [1.82, 2.24) is 9.80 Å². The van der Waals surface area contributed by atoms with Crippen molar-refractivity contribution >= 4 is 23.5 Å². The number of para-hydroxylation sites is 1. The van der Waals surface area contributed by atoms with Gasteiger partial charge in [0.2, 0.25) is 5.91 Å². The number of carbonyl (C=O) groups is 3. The second-order valence-electron chi connectivity index (χ2n) is 9.54. The molecule has 2 fully saturated rings. The topological polar surface area (TPSA) is 70.2 Å². The Morgan fingerprint density at radius 1 is 0.903 bits per heavy atom. The number of piperidine rings is 1. The predicted molar refractivity (Wildman–Crippen MR) is 120 cm³/mol. The summed E-state index contributed by atoms with van der Waals surface area (Å²) < 4.78 is 5.53. The Labute approximate surface area is 185 Å². The number of nitrogens with zero attached hydrogens (tertiary/aromatic N) is 3. The van der Waals surface area contributed by atoms with Gasteiger partial charge in [0.05, 0.1) is 5.92 Å². The van der Waals surface area contributed by atoms with Crippen molar-refractivity contribution in [1.29, 1.82) is 0 Å². The van der Waals surface area contributed by atoms with Crippen LogP contribution in [0.15, 0.2) is 30.3 Å². The van der Waals surface area contributed by atoms with Gasteiger partial charge >= 0.3 is 5.97 Å². The highest BCUT2D eigenvalue weighted by Crippen LogP contribution is 2.25. The number of hydrogen-bond acceptors (Lipinski definition) is 5. The van der Waals surface area contributed by atoms with E-state index in [2.05, 4.69) is 17.0 Å². The van der Waals surface area contributed by atoms with Crippen LogP contribution < -0.4 is 4.90 Å². The van der Waals surface area contributed by atoms with Crippen molar-refractivity contribution < 1.29 is 19.1 Å². The van der Waals surface area contributed by atoms with E-state index in [1.165, 1.54) is 0 Å². The van der Waals surface area contributed by atoms with E-state index < -0.39 is 11.5 Å². The standard InChI is InChI=1S/C24H35N3O4/c1-18(21(28)26-16-14-25(15-17-26)20-8-6-5-7-9-20)31-22(29)19-10-12-27(13-11-19)23(30)24(2,3)4/h5-9,18-19H,10-17H2,1-4H3/t18-/m0/s1. The Hall–Kier alpha value is -2.57. The lowest BCUT2D eigenvalue weighted by molar-refractivity contribution is -0.164. The highest BCUT2D eigenvalue weighted by atomic mass is 16.5. The number of rotatable bonds is 4. The Morgan fingerprint density at radius 2 is 1.48 bits per heavy atom. The van der Waals surface area contributed by atoms with Crippen molar-refractivity contribution in [2.24, 2.45) is 11.3 Å². The molecule has 0 bridgehead atoms. The van der Waals surface area contributed by atoms with Crippen LogP contribution in [0, 0.1) is 11.3 Å². The van der Waals surface area contributed by atoms with Crippen LogP contribution in [0.5, 0.6) is 0 Å².